The van der Waals surface area contributed by atoms with Crippen LogP contribution in [0.3, 0.4) is 0 Å². The van der Waals surface area contributed by atoms with E-state index in [1.54, 1.807) is 6.07 Å². The molecule has 2 amide bonds. The summed E-state index contributed by atoms with van der Waals surface area (Å²) in [4.78, 5) is 27.5. The minimum absolute atomic E-state index is 0.0254. The van der Waals surface area contributed by atoms with Crippen molar-refractivity contribution in [1.82, 2.24) is 4.90 Å². The third kappa shape index (κ3) is 5.62. The average Bonchev–Trinajstić information content (AvgIpc) is 3.34. The molecule has 1 saturated heterocycles. The normalized spacial score (nSPS) is 21.0. The first-order chi connectivity index (χ1) is 15.7. The molecule has 1 aromatic carbocycles. The van der Waals surface area contributed by atoms with Gasteiger partial charge >= 0.3 is 0 Å². The Hall–Kier alpha value is -1.88. The summed E-state index contributed by atoms with van der Waals surface area (Å²) in [6.45, 7) is 1.89. The van der Waals surface area contributed by atoms with Gasteiger partial charge < -0.3 is 5.32 Å². The molecule has 0 spiro atoms. The van der Waals surface area contributed by atoms with Crippen LogP contribution in [0.15, 0.2) is 45.0 Å². The number of nitrogens with zero attached hydrogens (tertiary/aromatic N) is 2. The summed E-state index contributed by atoms with van der Waals surface area (Å²) >= 11 is 7.88. The van der Waals surface area contributed by atoms with Gasteiger partial charge in [0.25, 0.3) is 10.0 Å². The van der Waals surface area contributed by atoms with E-state index in [2.05, 4.69) is 9.71 Å². The van der Waals surface area contributed by atoms with Crippen LogP contribution in [0.25, 0.3) is 0 Å². The molecular formula is C22H24ClN3O4S3. The van der Waals surface area contributed by atoms with E-state index in [-0.39, 0.29) is 33.7 Å². The van der Waals surface area contributed by atoms with Gasteiger partial charge in [0.05, 0.1) is 4.34 Å². The SMILES string of the molecule is Cc1ccccc1NC(=O)C[C@H]1SC(=NS(=O)(=O)c2ccc(Cl)s2)N(C2CCCCC2)C1=O. The third-order valence-electron chi connectivity index (χ3n) is 5.70. The maximum absolute atomic E-state index is 13.3. The monoisotopic (exact) mass is 525 g/mol. The number of benzene rings is 1. The van der Waals surface area contributed by atoms with Crippen molar-refractivity contribution in [3.05, 3.63) is 46.3 Å². The fourth-order valence-corrected chi connectivity index (χ4v) is 7.88. The van der Waals surface area contributed by atoms with E-state index in [9.17, 15) is 18.0 Å². The first kappa shape index (κ1) is 24.3. The standard InChI is InChI=1S/C22H24ClN3O4S3/c1-14-7-5-6-10-16(14)24-19(27)13-17-21(28)26(15-8-3-2-4-9-15)22(31-17)25-33(29,30)20-12-11-18(23)32-20/h5-7,10-12,15,17H,2-4,8-9,13H2,1H3,(H,24,27)/t17-/m1/s1. The number of halogens is 1. The molecule has 11 heteroatoms. The third-order valence-corrected chi connectivity index (χ3v) is 9.93. The molecule has 1 aliphatic heterocycles. The molecule has 1 aromatic heterocycles. The van der Waals surface area contributed by atoms with Crippen LogP contribution in [0.4, 0.5) is 5.69 Å². The van der Waals surface area contributed by atoms with E-state index in [0.29, 0.717) is 10.0 Å². The molecule has 1 atom stereocenters. The lowest BCUT2D eigenvalue weighted by Crippen LogP contribution is -2.42. The number of hydrogen-bond donors (Lipinski definition) is 1. The van der Waals surface area contributed by atoms with Crippen molar-refractivity contribution in [2.45, 2.75) is 60.9 Å². The van der Waals surface area contributed by atoms with Gasteiger partial charge in [0, 0.05) is 18.2 Å². The molecule has 2 fully saturated rings. The van der Waals surface area contributed by atoms with Crippen LogP contribution in [-0.2, 0) is 19.6 Å². The van der Waals surface area contributed by atoms with Gasteiger partial charge in [-0.3, -0.25) is 14.5 Å². The zero-order valence-electron chi connectivity index (χ0n) is 18.0. The second-order valence-corrected chi connectivity index (χ2v) is 12.8. The molecule has 1 saturated carbocycles. The molecule has 2 heterocycles. The summed E-state index contributed by atoms with van der Waals surface area (Å²) in [5.41, 5.74) is 1.61. The minimum Gasteiger partial charge on any atom is -0.326 e. The van der Waals surface area contributed by atoms with E-state index in [0.717, 1.165) is 60.8 Å². The van der Waals surface area contributed by atoms with E-state index in [4.69, 9.17) is 11.6 Å². The smallest absolute Gasteiger partial charge is 0.294 e. The Labute approximate surface area is 206 Å². The van der Waals surface area contributed by atoms with Gasteiger partial charge in [-0.1, -0.05) is 60.8 Å². The topological polar surface area (TPSA) is 95.9 Å². The van der Waals surface area contributed by atoms with E-state index < -0.39 is 15.3 Å². The average molecular weight is 526 g/mol. The zero-order valence-corrected chi connectivity index (χ0v) is 21.2. The van der Waals surface area contributed by atoms with Crippen molar-refractivity contribution < 1.29 is 18.0 Å². The van der Waals surface area contributed by atoms with Gasteiger partial charge in [-0.05, 0) is 43.5 Å². The fourth-order valence-electron chi connectivity index (χ4n) is 4.02. The highest BCUT2D eigenvalue weighted by atomic mass is 35.5. The number of hydrogen-bond acceptors (Lipinski definition) is 6. The number of nitrogens with one attached hydrogen (secondary N) is 1. The van der Waals surface area contributed by atoms with Crippen molar-refractivity contribution in [2.75, 3.05) is 5.32 Å². The zero-order chi connectivity index (χ0) is 23.6. The molecule has 0 bridgehead atoms. The van der Waals surface area contributed by atoms with Crippen LogP contribution in [0.2, 0.25) is 4.34 Å². The molecule has 0 unspecified atom stereocenters. The lowest BCUT2D eigenvalue weighted by molar-refractivity contribution is -0.130. The Bertz CT molecular complexity index is 1190. The van der Waals surface area contributed by atoms with Crippen molar-refractivity contribution in [3.8, 4) is 0 Å². The highest BCUT2D eigenvalue weighted by Crippen LogP contribution is 2.37. The fraction of sp³-hybridized carbons (Fsp3) is 0.409. The number of rotatable bonds is 6. The molecule has 2 aromatic rings. The van der Waals surface area contributed by atoms with Crippen molar-refractivity contribution >= 4 is 67.4 Å². The minimum atomic E-state index is -4.02. The maximum atomic E-state index is 13.3. The van der Waals surface area contributed by atoms with E-state index in [1.807, 2.05) is 25.1 Å². The summed E-state index contributed by atoms with van der Waals surface area (Å²) in [6.07, 6.45) is 4.55. The highest BCUT2D eigenvalue weighted by molar-refractivity contribution is 8.16. The quantitative estimate of drug-likeness (QED) is 0.568. The summed E-state index contributed by atoms with van der Waals surface area (Å²) in [5.74, 6) is -0.558. The van der Waals surface area contributed by atoms with E-state index in [1.165, 1.54) is 17.0 Å². The number of amidine groups is 1. The van der Waals surface area contributed by atoms with Crippen LogP contribution < -0.4 is 5.32 Å². The van der Waals surface area contributed by atoms with Crippen molar-refractivity contribution in [2.24, 2.45) is 4.40 Å². The Kier molecular flexibility index (Phi) is 7.47. The molecule has 33 heavy (non-hydrogen) atoms. The molecule has 1 aliphatic carbocycles. The molecule has 7 nitrogen and oxygen atoms in total. The van der Waals surface area contributed by atoms with E-state index >= 15 is 0 Å². The van der Waals surface area contributed by atoms with Gasteiger partial charge in [-0.15, -0.1) is 15.7 Å². The lowest BCUT2D eigenvalue weighted by Gasteiger charge is -2.30. The summed E-state index contributed by atoms with van der Waals surface area (Å²) in [5, 5.41) is 2.27. The van der Waals surface area contributed by atoms with Crippen molar-refractivity contribution in [3.63, 3.8) is 0 Å². The molecule has 2 aliphatic rings. The van der Waals surface area contributed by atoms with Gasteiger partial charge in [0.1, 0.15) is 9.46 Å². The predicted molar refractivity (Wildman–Crippen MR) is 133 cm³/mol. The first-order valence-electron chi connectivity index (χ1n) is 10.7. The van der Waals surface area contributed by atoms with Crippen LogP contribution in [0.1, 0.15) is 44.1 Å². The largest absolute Gasteiger partial charge is 0.326 e. The molecule has 1 N–H and O–H groups in total. The molecule has 0 radical (unpaired) electrons. The maximum Gasteiger partial charge on any atom is 0.294 e. The number of anilines is 1. The van der Waals surface area contributed by atoms with Gasteiger partial charge in [-0.25, -0.2) is 0 Å². The Morgan fingerprint density at radius 1 is 1.18 bits per heavy atom. The van der Waals surface area contributed by atoms with Crippen LogP contribution in [0, 0.1) is 6.92 Å². The van der Waals surface area contributed by atoms with Gasteiger partial charge in [-0.2, -0.15) is 8.42 Å². The number of aryl methyl sites for hydroxylation is 1. The van der Waals surface area contributed by atoms with Crippen LogP contribution in [0.5, 0.6) is 0 Å². The molecule has 176 valence electrons. The first-order valence-corrected chi connectivity index (χ1v) is 14.2. The second-order valence-electron chi connectivity index (χ2n) is 8.08. The molecule has 4 rings (SSSR count). The number of sulfonamides is 1. The lowest BCUT2D eigenvalue weighted by atomic mass is 9.94. The van der Waals surface area contributed by atoms with Crippen LogP contribution in [-0.4, -0.2) is 41.6 Å². The van der Waals surface area contributed by atoms with Crippen LogP contribution >= 0.6 is 34.7 Å². The molecular weight excluding hydrogens is 502 g/mol. The summed E-state index contributed by atoms with van der Waals surface area (Å²) in [6, 6.07) is 10.2. The Balaban J connectivity index is 1.58. The van der Waals surface area contributed by atoms with Crippen molar-refractivity contribution in [1.29, 1.82) is 0 Å². The number of amides is 2. The Morgan fingerprint density at radius 3 is 2.58 bits per heavy atom. The number of para-hydroxylation sites is 1. The predicted octanol–water partition coefficient (Wildman–Crippen LogP) is 5.06. The number of carbonyl (C=O) groups excluding carboxylic acids is 2. The summed E-state index contributed by atoms with van der Waals surface area (Å²) < 4.78 is 30.2. The highest BCUT2D eigenvalue weighted by Gasteiger charge is 2.43. The number of thiophene rings is 1. The summed E-state index contributed by atoms with van der Waals surface area (Å²) in [7, 11) is -4.02. The Morgan fingerprint density at radius 2 is 1.91 bits per heavy atom. The number of carbonyl (C=O) groups is 2. The number of thioether (sulfide) groups is 1. The van der Waals surface area contributed by atoms with Gasteiger partial charge in [0.15, 0.2) is 5.17 Å². The second kappa shape index (κ2) is 10.2. The van der Waals surface area contributed by atoms with Gasteiger partial charge in [0.2, 0.25) is 11.8 Å².